The zero-order valence-corrected chi connectivity index (χ0v) is 17.4. The van der Waals surface area contributed by atoms with Gasteiger partial charge in [-0.1, -0.05) is 37.8 Å². The third kappa shape index (κ3) is 5.43. The van der Waals surface area contributed by atoms with Crippen LogP contribution in [-0.2, 0) is 19.1 Å². The summed E-state index contributed by atoms with van der Waals surface area (Å²) < 4.78 is 4.66. The summed E-state index contributed by atoms with van der Waals surface area (Å²) in [5, 5.41) is 3.10. The fourth-order valence-electron chi connectivity index (χ4n) is 4.07. The highest BCUT2D eigenvalue weighted by atomic mass is 16.5. The number of unbranched alkanes of at least 4 members (excludes halogenated alkanes) is 2. The molecule has 0 bridgehead atoms. The van der Waals surface area contributed by atoms with E-state index in [-0.39, 0.29) is 29.6 Å². The molecular formula is C22H29N3O5. The first-order valence-corrected chi connectivity index (χ1v) is 10.7. The minimum absolute atomic E-state index is 0.0850. The fourth-order valence-corrected chi connectivity index (χ4v) is 4.07. The molecule has 0 saturated heterocycles. The topological polar surface area (TPSA) is 105 Å². The highest BCUT2D eigenvalue weighted by Gasteiger charge is 2.36. The van der Waals surface area contributed by atoms with Crippen molar-refractivity contribution in [2.45, 2.75) is 63.8 Å². The lowest BCUT2D eigenvalue weighted by atomic mass is 9.92. The van der Waals surface area contributed by atoms with Crippen LogP contribution in [0.4, 0.5) is 4.79 Å². The first-order chi connectivity index (χ1) is 14.5. The van der Waals surface area contributed by atoms with Gasteiger partial charge < -0.3 is 10.1 Å². The van der Waals surface area contributed by atoms with E-state index in [1.807, 2.05) is 0 Å². The SMILES string of the molecule is COC(=O)C1=CC2=NC(=O)N(CCCCCC(=O)NC3CCCCC3)C(=O)C2C=C1. The third-order valence-corrected chi connectivity index (χ3v) is 5.75. The number of carbonyl (C=O) groups excluding carboxylic acids is 4. The second kappa shape index (κ2) is 10.3. The van der Waals surface area contributed by atoms with Crippen LogP contribution in [0.15, 0.2) is 28.8 Å². The number of hydrogen-bond acceptors (Lipinski definition) is 5. The van der Waals surface area contributed by atoms with E-state index in [2.05, 4.69) is 15.0 Å². The van der Waals surface area contributed by atoms with E-state index in [1.54, 1.807) is 6.08 Å². The van der Waals surface area contributed by atoms with E-state index in [4.69, 9.17) is 0 Å². The van der Waals surface area contributed by atoms with Gasteiger partial charge in [-0.3, -0.25) is 14.5 Å². The molecule has 0 aromatic carbocycles. The van der Waals surface area contributed by atoms with Gasteiger partial charge in [0.05, 0.1) is 24.3 Å². The fraction of sp³-hybridized carbons (Fsp3) is 0.591. The number of allylic oxidation sites excluding steroid dienone is 1. The lowest BCUT2D eigenvalue weighted by molar-refractivity contribution is -0.136. The van der Waals surface area contributed by atoms with Crippen LogP contribution in [0.5, 0.6) is 0 Å². The van der Waals surface area contributed by atoms with E-state index >= 15 is 0 Å². The van der Waals surface area contributed by atoms with E-state index in [1.165, 1.54) is 38.5 Å². The maximum absolute atomic E-state index is 12.7. The molecule has 1 fully saturated rings. The Morgan fingerprint density at radius 2 is 1.93 bits per heavy atom. The number of hydrogen-bond donors (Lipinski definition) is 1. The summed E-state index contributed by atoms with van der Waals surface area (Å²) >= 11 is 0. The Kier molecular flexibility index (Phi) is 7.54. The molecule has 8 heteroatoms. The Morgan fingerprint density at radius 1 is 1.17 bits per heavy atom. The van der Waals surface area contributed by atoms with Crippen LogP contribution >= 0.6 is 0 Å². The quantitative estimate of drug-likeness (QED) is 0.485. The zero-order valence-electron chi connectivity index (χ0n) is 17.4. The molecule has 8 nitrogen and oxygen atoms in total. The van der Waals surface area contributed by atoms with Crippen LogP contribution in [-0.4, -0.2) is 54.1 Å². The van der Waals surface area contributed by atoms with Crippen molar-refractivity contribution in [1.82, 2.24) is 10.2 Å². The number of methoxy groups -OCH3 is 1. The molecule has 4 amide bonds. The van der Waals surface area contributed by atoms with Crippen LogP contribution in [0.2, 0.25) is 0 Å². The zero-order chi connectivity index (χ0) is 21.5. The summed E-state index contributed by atoms with van der Waals surface area (Å²) in [6.07, 6.45) is 12.8. The number of fused-ring (bicyclic) bond motifs is 1. The number of urea groups is 1. The average molecular weight is 415 g/mol. The van der Waals surface area contributed by atoms with E-state index in [9.17, 15) is 19.2 Å². The maximum Gasteiger partial charge on any atom is 0.350 e. The molecule has 0 aromatic rings. The second-order valence-corrected chi connectivity index (χ2v) is 7.95. The van der Waals surface area contributed by atoms with Gasteiger partial charge in [0.25, 0.3) is 0 Å². The Bertz CT molecular complexity index is 793. The van der Waals surface area contributed by atoms with Crippen LogP contribution in [0, 0.1) is 5.92 Å². The van der Waals surface area contributed by atoms with Crippen molar-refractivity contribution >= 4 is 29.5 Å². The van der Waals surface area contributed by atoms with Crippen molar-refractivity contribution in [3.8, 4) is 0 Å². The molecule has 1 aliphatic heterocycles. The molecule has 0 spiro atoms. The number of imide groups is 1. The Hall–Kier alpha value is -2.77. The summed E-state index contributed by atoms with van der Waals surface area (Å²) in [6.45, 7) is 0.274. The third-order valence-electron chi connectivity index (χ3n) is 5.75. The van der Waals surface area contributed by atoms with Gasteiger partial charge in [-0.2, -0.15) is 4.99 Å². The number of nitrogens with zero attached hydrogens (tertiary/aromatic N) is 2. The summed E-state index contributed by atoms with van der Waals surface area (Å²) in [5.41, 5.74) is 0.525. The summed E-state index contributed by atoms with van der Waals surface area (Å²) in [6, 6.07) is -0.295. The number of ether oxygens (including phenoxy) is 1. The van der Waals surface area contributed by atoms with Gasteiger partial charge in [-0.15, -0.1) is 0 Å². The predicted molar refractivity (Wildman–Crippen MR) is 111 cm³/mol. The monoisotopic (exact) mass is 415 g/mol. The van der Waals surface area contributed by atoms with Gasteiger partial charge >= 0.3 is 12.0 Å². The largest absolute Gasteiger partial charge is 0.465 e. The van der Waals surface area contributed by atoms with E-state index < -0.39 is 17.9 Å². The summed E-state index contributed by atoms with van der Waals surface area (Å²) in [4.78, 5) is 53.8. The molecular weight excluding hydrogens is 386 g/mol. The molecule has 1 N–H and O–H groups in total. The normalized spacial score (nSPS) is 21.6. The van der Waals surface area contributed by atoms with Gasteiger partial charge in [0, 0.05) is 19.0 Å². The molecule has 162 valence electrons. The minimum Gasteiger partial charge on any atom is -0.465 e. The molecule has 30 heavy (non-hydrogen) atoms. The number of carbonyl (C=O) groups is 4. The van der Waals surface area contributed by atoms with Gasteiger partial charge in [-0.05, 0) is 31.8 Å². The van der Waals surface area contributed by atoms with Crippen LogP contribution in [0.1, 0.15) is 57.8 Å². The number of aliphatic imine (C=N–C) groups is 1. The number of esters is 1. The molecule has 0 radical (unpaired) electrons. The molecule has 0 aromatic heterocycles. The van der Waals surface area contributed by atoms with Gasteiger partial charge in [0.2, 0.25) is 11.8 Å². The molecule has 1 saturated carbocycles. The van der Waals surface area contributed by atoms with Gasteiger partial charge in [-0.25, -0.2) is 9.59 Å². The van der Waals surface area contributed by atoms with Crippen molar-refractivity contribution in [1.29, 1.82) is 0 Å². The number of nitrogens with one attached hydrogen (secondary N) is 1. The molecule has 1 heterocycles. The molecule has 2 aliphatic carbocycles. The Balaban J connectivity index is 1.42. The van der Waals surface area contributed by atoms with Crippen molar-refractivity contribution in [2.75, 3.05) is 13.7 Å². The van der Waals surface area contributed by atoms with Crippen LogP contribution < -0.4 is 5.32 Å². The van der Waals surface area contributed by atoms with Gasteiger partial charge in [0.15, 0.2) is 0 Å². The highest BCUT2D eigenvalue weighted by Crippen LogP contribution is 2.23. The minimum atomic E-state index is -0.655. The smallest absolute Gasteiger partial charge is 0.350 e. The molecule has 1 atom stereocenters. The van der Waals surface area contributed by atoms with Crippen LogP contribution in [0.3, 0.4) is 0 Å². The van der Waals surface area contributed by atoms with Crippen molar-refractivity contribution < 1.29 is 23.9 Å². The molecule has 3 aliphatic rings. The predicted octanol–water partition coefficient (Wildman–Crippen LogP) is 2.68. The standard InChI is InChI=1S/C22H29N3O5/c1-30-21(28)15-11-12-17-18(14-15)24-22(29)25(20(17)27)13-7-3-6-10-19(26)23-16-8-4-2-5-9-16/h11-12,14,16-17H,2-10,13H2,1H3,(H,23,26). The average Bonchev–Trinajstić information content (AvgIpc) is 2.75. The van der Waals surface area contributed by atoms with Gasteiger partial charge in [0.1, 0.15) is 0 Å². The molecule has 1 unspecified atom stereocenters. The summed E-state index contributed by atoms with van der Waals surface area (Å²) in [7, 11) is 1.27. The van der Waals surface area contributed by atoms with E-state index in [0.29, 0.717) is 18.9 Å². The number of amides is 4. The van der Waals surface area contributed by atoms with E-state index in [0.717, 1.165) is 30.6 Å². The van der Waals surface area contributed by atoms with Crippen molar-refractivity contribution in [3.05, 3.63) is 23.8 Å². The highest BCUT2D eigenvalue weighted by molar-refractivity contribution is 6.23. The van der Waals surface area contributed by atoms with Crippen molar-refractivity contribution in [2.24, 2.45) is 10.9 Å². The lowest BCUT2D eigenvalue weighted by Gasteiger charge is -2.28. The Morgan fingerprint density at radius 3 is 2.67 bits per heavy atom. The molecule has 3 rings (SSSR count). The first kappa shape index (κ1) is 21.9. The lowest BCUT2D eigenvalue weighted by Crippen LogP contribution is -2.46. The van der Waals surface area contributed by atoms with Crippen molar-refractivity contribution in [3.63, 3.8) is 0 Å². The first-order valence-electron chi connectivity index (χ1n) is 10.7. The second-order valence-electron chi connectivity index (χ2n) is 7.95. The van der Waals surface area contributed by atoms with Crippen LogP contribution in [0.25, 0.3) is 0 Å². The number of rotatable bonds is 8. The summed E-state index contributed by atoms with van der Waals surface area (Å²) in [5.74, 6) is -1.45. The Labute approximate surface area is 176 Å². The maximum atomic E-state index is 12.7.